The van der Waals surface area contributed by atoms with Gasteiger partial charge in [-0.15, -0.1) is 0 Å². The molecule has 0 radical (unpaired) electrons. The standard InChI is InChI=1S/C14H24O3/c1-2-3-4-5-6-7-8-9-10-13(15)11-12-14(16)17/h13,15H,2-10H2,1H3,(H,16,17). The highest BCUT2D eigenvalue weighted by Crippen LogP contribution is 2.10. The Morgan fingerprint density at radius 3 is 2.12 bits per heavy atom. The van der Waals surface area contributed by atoms with Crippen LogP contribution in [-0.4, -0.2) is 22.3 Å². The number of carbonyl (C=O) groups is 1. The van der Waals surface area contributed by atoms with Crippen molar-refractivity contribution in [2.45, 2.75) is 70.8 Å². The molecule has 3 heteroatoms. The maximum absolute atomic E-state index is 10.1. The van der Waals surface area contributed by atoms with E-state index < -0.39 is 12.1 Å². The lowest BCUT2D eigenvalue weighted by Gasteiger charge is -2.03. The molecule has 0 saturated heterocycles. The second-order valence-corrected chi connectivity index (χ2v) is 4.35. The molecule has 0 aromatic heterocycles. The molecule has 0 aliphatic heterocycles. The largest absolute Gasteiger partial charge is 0.472 e. The minimum Gasteiger partial charge on any atom is -0.472 e. The predicted octanol–water partition coefficient (Wildman–Crippen LogP) is 2.97. The van der Waals surface area contributed by atoms with Gasteiger partial charge in [-0.1, -0.05) is 57.8 Å². The predicted molar refractivity (Wildman–Crippen MR) is 68.6 cm³/mol. The molecule has 0 saturated carbocycles. The van der Waals surface area contributed by atoms with E-state index in [0.717, 1.165) is 12.8 Å². The molecule has 0 aliphatic rings. The van der Waals surface area contributed by atoms with Crippen LogP contribution in [0.15, 0.2) is 0 Å². The van der Waals surface area contributed by atoms with Crippen LogP contribution in [0.2, 0.25) is 0 Å². The molecule has 98 valence electrons. The van der Waals surface area contributed by atoms with Crippen LogP contribution in [0.1, 0.15) is 64.7 Å². The van der Waals surface area contributed by atoms with Crippen LogP contribution in [0.3, 0.4) is 0 Å². The third-order valence-electron chi connectivity index (χ3n) is 2.68. The zero-order valence-electron chi connectivity index (χ0n) is 10.7. The highest BCUT2D eigenvalue weighted by Gasteiger charge is 1.99. The number of aliphatic hydroxyl groups excluding tert-OH is 1. The molecular formula is C14H24O3. The van der Waals surface area contributed by atoms with Crippen molar-refractivity contribution in [1.82, 2.24) is 0 Å². The van der Waals surface area contributed by atoms with Crippen molar-refractivity contribution >= 4 is 5.97 Å². The summed E-state index contributed by atoms with van der Waals surface area (Å²) >= 11 is 0. The molecule has 0 spiro atoms. The third-order valence-corrected chi connectivity index (χ3v) is 2.68. The minimum absolute atomic E-state index is 0.579. The van der Waals surface area contributed by atoms with E-state index in [0.29, 0.717) is 6.42 Å². The Morgan fingerprint density at radius 1 is 1.06 bits per heavy atom. The molecule has 1 atom stereocenters. The molecular weight excluding hydrogens is 216 g/mol. The number of carboxylic acids is 1. The fraction of sp³-hybridized carbons (Fsp3) is 0.786. The van der Waals surface area contributed by atoms with Crippen molar-refractivity contribution in [3.05, 3.63) is 0 Å². The van der Waals surface area contributed by atoms with E-state index >= 15 is 0 Å². The first-order chi connectivity index (χ1) is 8.16. The maximum atomic E-state index is 10.1. The van der Waals surface area contributed by atoms with Gasteiger partial charge in [0, 0.05) is 5.92 Å². The van der Waals surface area contributed by atoms with Crippen molar-refractivity contribution in [3.63, 3.8) is 0 Å². The van der Waals surface area contributed by atoms with Gasteiger partial charge in [-0.2, -0.15) is 0 Å². The average Bonchev–Trinajstić information content (AvgIpc) is 2.30. The first kappa shape index (κ1) is 16.0. The number of rotatable bonds is 9. The number of unbranched alkanes of at least 4 members (excludes halogenated alkanes) is 7. The Kier molecular flexibility index (Phi) is 10.8. The van der Waals surface area contributed by atoms with E-state index in [-0.39, 0.29) is 0 Å². The van der Waals surface area contributed by atoms with Gasteiger partial charge in [0.2, 0.25) is 0 Å². The zero-order valence-corrected chi connectivity index (χ0v) is 10.7. The fourth-order valence-electron chi connectivity index (χ4n) is 1.69. The fourth-order valence-corrected chi connectivity index (χ4v) is 1.69. The van der Waals surface area contributed by atoms with Gasteiger partial charge < -0.3 is 10.2 Å². The average molecular weight is 240 g/mol. The molecule has 0 fully saturated rings. The van der Waals surface area contributed by atoms with Crippen molar-refractivity contribution in [2.75, 3.05) is 0 Å². The normalized spacial score (nSPS) is 11.6. The van der Waals surface area contributed by atoms with Crippen molar-refractivity contribution in [3.8, 4) is 11.8 Å². The minimum atomic E-state index is -1.18. The summed E-state index contributed by atoms with van der Waals surface area (Å²) in [5.74, 6) is 3.06. The van der Waals surface area contributed by atoms with Gasteiger partial charge in [-0.25, -0.2) is 4.79 Å². The Hall–Kier alpha value is -1.01. The Labute approximate surface area is 104 Å². The highest BCUT2D eigenvalue weighted by atomic mass is 16.4. The van der Waals surface area contributed by atoms with Gasteiger partial charge in [0.05, 0.1) is 0 Å². The summed E-state index contributed by atoms with van der Waals surface area (Å²) < 4.78 is 0. The Bertz CT molecular complexity index is 250. The molecule has 0 aromatic carbocycles. The van der Waals surface area contributed by atoms with Crippen LogP contribution < -0.4 is 0 Å². The smallest absolute Gasteiger partial charge is 0.381 e. The van der Waals surface area contributed by atoms with Crippen LogP contribution in [0.4, 0.5) is 0 Å². The van der Waals surface area contributed by atoms with Crippen molar-refractivity contribution in [1.29, 1.82) is 0 Å². The molecule has 3 nitrogen and oxygen atoms in total. The van der Waals surface area contributed by atoms with Crippen LogP contribution >= 0.6 is 0 Å². The second kappa shape index (κ2) is 11.5. The molecule has 17 heavy (non-hydrogen) atoms. The van der Waals surface area contributed by atoms with E-state index in [9.17, 15) is 9.90 Å². The summed E-state index contributed by atoms with van der Waals surface area (Å²) in [6.07, 6.45) is 9.48. The summed E-state index contributed by atoms with van der Waals surface area (Å²) in [4.78, 5) is 10.1. The quantitative estimate of drug-likeness (QED) is 0.481. The number of aliphatic hydroxyl groups is 1. The van der Waals surface area contributed by atoms with Crippen LogP contribution in [0, 0.1) is 11.8 Å². The first-order valence-corrected chi connectivity index (χ1v) is 6.59. The lowest BCUT2D eigenvalue weighted by atomic mass is 10.1. The van der Waals surface area contributed by atoms with Gasteiger partial charge in [0.1, 0.15) is 6.10 Å². The molecule has 0 amide bonds. The lowest BCUT2D eigenvalue weighted by Crippen LogP contribution is -2.03. The Balaban J connectivity index is 3.28. The summed E-state index contributed by atoms with van der Waals surface area (Å²) in [5.41, 5.74) is 0. The van der Waals surface area contributed by atoms with E-state index in [1.54, 1.807) is 0 Å². The zero-order chi connectivity index (χ0) is 12.9. The summed E-state index contributed by atoms with van der Waals surface area (Å²) in [5, 5.41) is 17.6. The van der Waals surface area contributed by atoms with Gasteiger partial charge in [0.15, 0.2) is 0 Å². The lowest BCUT2D eigenvalue weighted by molar-refractivity contribution is -0.130. The summed E-state index contributed by atoms with van der Waals surface area (Å²) in [7, 11) is 0. The summed E-state index contributed by atoms with van der Waals surface area (Å²) in [6.45, 7) is 2.21. The number of hydrogen-bond donors (Lipinski definition) is 2. The molecule has 2 N–H and O–H groups in total. The van der Waals surface area contributed by atoms with Gasteiger partial charge >= 0.3 is 5.97 Å². The third kappa shape index (κ3) is 12.9. The maximum Gasteiger partial charge on any atom is 0.381 e. The van der Waals surface area contributed by atoms with Gasteiger partial charge in [-0.3, -0.25) is 0 Å². The van der Waals surface area contributed by atoms with Crippen LogP contribution in [0.25, 0.3) is 0 Å². The molecule has 1 unspecified atom stereocenters. The topological polar surface area (TPSA) is 57.5 Å². The highest BCUT2D eigenvalue weighted by molar-refractivity contribution is 5.86. The number of aliphatic carboxylic acids is 1. The number of hydrogen-bond acceptors (Lipinski definition) is 2. The van der Waals surface area contributed by atoms with Crippen LogP contribution in [-0.2, 0) is 4.79 Å². The summed E-state index contributed by atoms with van der Waals surface area (Å²) in [6, 6.07) is 0. The molecule has 0 aliphatic carbocycles. The second-order valence-electron chi connectivity index (χ2n) is 4.35. The molecule has 0 bridgehead atoms. The number of carboxylic acid groups (broad SMARTS) is 1. The first-order valence-electron chi connectivity index (χ1n) is 6.59. The molecule has 0 rings (SSSR count). The van der Waals surface area contributed by atoms with Crippen LogP contribution in [0.5, 0.6) is 0 Å². The van der Waals surface area contributed by atoms with E-state index in [2.05, 4.69) is 12.8 Å². The van der Waals surface area contributed by atoms with Gasteiger partial charge in [0.25, 0.3) is 0 Å². The monoisotopic (exact) mass is 240 g/mol. The van der Waals surface area contributed by atoms with E-state index in [4.69, 9.17) is 5.11 Å². The van der Waals surface area contributed by atoms with E-state index in [1.165, 1.54) is 38.5 Å². The van der Waals surface area contributed by atoms with Crippen molar-refractivity contribution in [2.24, 2.45) is 0 Å². The molecule has 0 aromatic rings. The van der Waals surface area contributed by atoms with Crippen molar-refractivity contribution < 1.29 is 15.0 Å². The SMILES string of the molecule is CCCCCCCCCCC(O)C#CC(=O)O. The Morgan fingerprint density at radius 2 is 1.59 bits per heavy atom. The van der Waals surface area contributed by atoms with E-state index in [1.807, 2.05) is 5.92 Å². The van der Waals surface area contributed by atoms with Gasteiger partial charge in [-0.05, 0) is 12.8 Å². The molecule has 0 heterocycles.